The zero-order valence-corrected chi connectivity index (χ0v) is 14.0. The number of likely N-dealkylation sites (N-methyl/N-ethyl adjacent to an activating group) is 1. The molecular formula is C19H22N2O3. The van der Waals surface area contributed by atoms with Crippen molar-refractivity contribution in [2.45, 2.75) is 13.3 Å². The molecule has 24 heavy (non-hydrogen) atoms. The minimum atomic E-state index is -0.0431. The molecule has 0 aromatic heterocycles. The average molecular weight is 326 g/mol. The summed E-state index contributed by atoms with van der Waals surface area (Å²) in [6, 6.07) is 13.3. The molecular weight excluding hydrogens is 304 g/mol. The highest BCUT2D eigenvalue weighted by Crippen LogP contribution is 2.33. The van der Waals surface area contributed by atoms with Crippen molar-refractivity contribution in [1.29, 1.82) is 0 Å². The van der Waals surface area contributed by atoms with Crippen molar-refractivity contribution in [3.8, 4) is 11.5 Å². The summed E-state index contributed by atoms with van der Waals surface area (Å²) in [6.45, 7) is 4.11. The lowest BCUT2D eigenvalue weighted by atomic mass is 10.1. The molecule has 2 aromatic rings. The Morgan fingerprint density at radius 2 is 2.04 bits per heavy atom. The molecule has 126 valence electrons. The molecule has 5 nitrogen and oxygen atoms in total. The fraction of sp³-hybridized carbons (Fsp3) is 0.316. The lowest BCUT2D eigenvalue weighted by molar-refractivity contribution is -0.115. The average Bonchev–Trinajstić information content (AvgIpc) is 2.58. The van der Waals surface area contributed by atoms with Gasteiger partial charge in [0.2, 0.25) is 5.91 Å². The van der Waals surface area contributed by atoms with Gasteiger partial charge in [-0.3, -0.25) is 4.79 Å². The van der Waals surface area contributed by atoms with Gasteiger partial charge in [-0.25, -0.2) is 0 Å². The Hall–Kier alpha value is -2.69. The molecule has 0 saturated carbocycles. The van der Waals surface area contributed by atoms with Crippen LogP contribution in [0.4, 0.5) is 11.4 Å². The van der Waals surface area contributed by atoms with Gasteiger partial charge in [0.25, 0.3) is 0 Å². The van der Waals surface area contributed by atoms with E-state index in [2.05, 4.69) is 10.2 Å². The number of nitrogens with one attached hydrogen (secondary N) is 1. The summed E-state index contributed by atoms with van der Waals surface area (Å²) in [6.07, 6.45) is 0.329. The van der Waals surface area contributed by atoms with Gasteiger partial charge < -0.3 is 19.7 Å². The highest BCUT2D eigenvalue weighted by molar-refractivity contribution is 5.93. The summed E-state index contributed by atoms with van der Waals surface area (Å²) in [4.78, 5) is 14.4. The molecule has 0 atom stereocenters. The Morgan fingerprint density at radius 3 is 2.79 bits per heavy atom. The third-order valence-corrected chi connectivity index (χ3v) is 3.94. The summed E-state index contributed by atoms with van der Waals surface area (Å²) in [5.74, 6) is 1.63. The van der Waals surface area contributed by atoms with Crippen LogP contribution in [0.5, 0.6) is 11.5 Å². The summed E-state index contributed by atoms with van der Waals surface area (Å²) in [5, 5.41) is 2.95. The van der Waals surface area contributed by atoms with Gasteiger partial charge in [-0.2, -0.15) is 0 Å². The van der Waals surface area contributed by atoms with Crippen LogP contribution in [0.1, 0.15) is 12.5 Å². The molecule has 5 heteroatoms. The molecule has 1 N–H and O–H groups in total. The number of rotatable bonds is 5. The number of ether oxygens (including phenoxy) is 2. The molecule has 1 amide bonds. The first-order valence-electron chi connectivity index (χ1n) is 8.15. The second-order valence-electron chi connectivity index (χ2n) is 5.75. The monoisotopic (exact) mass is 326 g/mol. The van der Waals surface area contributed by atoms with Crippen LogP contribution in [0.25, 0.3) is 0 Å². The number of hydrogen-bond acceptors (Lipinski definition) is 4. The predicted molar refractivity (Wildman–Crippen MR) is 95.2 cm³/mol. The number of fused-ring (bicyclic) bond motifs is 1. The van der Waals surface area contributed by atoms with Crippen LogP contribution < -0.4 is 19.7 Å². The van der Waals surface area contributed by atoms with E-state index in [0.29, 0.717) is 19.6 Å². The number of nitrogens with zero attached hydrogens (tertiary/aromatic N) is 1. The second-order valence-corrected chi connectivity index (χ2v) is 5.75. The standard InChI is InChI=1S/C19H22N2O3/c1-3-23-16-7-4-14(5-8-16)12-19(22)20-15-6-9-18-17(13-15)21(2)10-11-24-18/h4-9,13H,3,10-12H2,1-2H3,(H,20,22). The highest BCUT2D eigenvalue weighted by atomic mass is 16.5. The maximum atomic E-state index is 12.3. The van der Waals surface area contributed by atoms with E-state index in [-0.39, 0.29) is 5.91 Å². The first kappa shape index (κ1) is 16.2. The number of hydrogen-bond donors (Lipinski definition) is 1. The normalized spacial score (nSPS) is 13.0. The van der Waals surface area contributed by atoms with Gasteiger partial charge in [-0.1, -0.05) is 12.1 Å². The molecule has 0 saturated heterocycles. The number of carbonyl (C=O) groups is 1. The van der Waals surface area contributed by atoms with Crippen molar-refractivity contribution in [1.82, 2.24) is 0 Å². The Balaban J connectivity index is 1.63. The van der Waals surface area contributed by atoms with Crippen molar-refractivity contribution in [3.63, 3.8) is 0 Å². The minimum Gasteiger partial charge on any atom is -0.494 e. The van der Waals surface area contributed by atoms with Gasteiger partial charge in [0.15, 0.2) is 0 Å². The van der Waals surface area contributed by atoms with Crippen molar-refractivity contribution in [2.24, 2.45) is 0 Å². The quantitative estimate of drug-likeness (QED) is 0.917. The Morgan fingerprint density at radius 1 is 1.25 bits per heavy atom. The predicted octanol–water partition coefficient (Wildman–Crippen LogP) is 3.10. The highest BCUT2D eigenvalue weighted by Gasteiger charge is 2.15. The number of carbonyl (C=O) groups excluding carboxylic acids is 1. The third-order valence-electron chi connectivity index (χ3n) is 3.94. The maximum absolute atomic E-state index is 12.3. The molecule has 1 aliphatic rings. The topological polar surface area (TPSA) is 50.8 Å². The van der Waals surface area contributed by atoms with Crippen LogP contribution in [-0.4, -0.2) is 32.7 Å². The van der Waals surface area contributed by atoms with E-state index in [4.69, 9.17) is 9.47 Å². The summed E-state index contributed by atoms with van der Waals surface area (Å²) in [7, 11) is 2.02. The van der Waals surface area contributed by atoms with Gasteiger partial charge in [-0.15, -0.1) is 0 Å². The molecule has 1 aliphatic heterocycles. The summed E-state index contributed by atoms with van der Waals surface area (Å²) >= 11 is 0. The van der Waals surface area contributed by atoms with Gasteiger partial charge >= 0.3 is 0 Å². The molecule has 0 spiro atoms. The largest absolute Gasteiger partial charge is 0.494 e. The number of benzene rings is 2. The van der Waals surface area contributed by atoms with Crippen LogP contribution in [0.3, 0.4) is 0 Å². The fourth-order valence-electron chi connectivity index (χ4n) is 2.69. The van der Waals surface area contributed by atoms with Gasteiger partial charge in [0, 0.05) is 12.7 Å². The van der Waals surface area contributed by atoms with Crippen molar-refractivity contribution in [2.75, 3.05) is 37.0 Å². The zero-order chi connectivity index (χ0) is 16.9. The van der Waals surface area contributed by atoms with Crippen molar-refractivity contribution >= 4 is 17.3 Å². The summed E-state index contributed by atoms with van der Waals surface area (Å²) < 4.78 is 11.0. The van der Waals surface area contributed by atoms with Gasteiger partial charge in [-0.05, 0) is 42.8 Å². The van der Waals surface area contributed by atoms with Crippen LogP contribution in [0.15, 0.2) is 42.5 Å². The van der Waals surface area contributed by atoms with Crippen LogP contribution in [0.2, 0.25) is 0 Å². The van der Waals surface area contributed by atoms with Crippen LogP contribution in [0, 0.1) is 0 Å². The molecule has 0 bridgehead atoms. The fourth-order valence-corrected chi connectivity index (χ4v) is 2.69. The second kappa shape index (κ2) is 7.25. The Kier molecular flexibility index (Phi) is 4.89. The van der Waals surface area contributed by atoms with Crippen molar-refractivity contribution in [3.05, 3.63) is 48.0 Å². The third kappa shape index (κ3) is 3.79. The zero-order valence-electron chi connectivity index (χ0n) is 14.0. The molecule has 1 heterocycles. The van der Waals surface area contributed by atoms with E-state index < -0.39 is 0 Å². The van der Waals surface area contributed by atoms with E-state index in [1.165, 1.54) is 0 Å². The Bertz CT molecular complexity index is 713. The van der Waals surface area contributed by atoms with Gasteiger partial charge in [0.1, 0.15) is 18.1 Å². The molecule has 0 radical (unpaired) electrons. The molecule has 3 rings (SSSR count). The first-order valence-corrected chi connectivity index (χ1v) is 8.15. The van der Waals surface area contributed by atoms with E-state index in [9.17, 15) is 4.79 Å². The van der Waals surface area contributed by atoms with E-state index in [1.807, 2.05) is 56.4 Å². The van der Waals surface area contributed by atoms with Gasteiger partial charge in [0.05, 0.1) is 25.3 Å². The first-order chi connectivity index (χ1) is 11.7. The van der Waals surface area contributed by atoms with E-state index in [0.717, 1.165) is 35.0 Å². The molecule has 0 unspecified atom stereocenters. The lowest BCUT2D eigenvalue weighted by Gasteiger charge is -2.28. The van der Waals surface area contributed by atoms with E-state index in [1.54, 1.807) is 0 Å². The SMILES string of the molecule is CCOc1ccc(CC(=O)Nc2ccc3c(c2)N(C)CCO3)cc1. The lowest BCUT2D eigenvalue weighted by Crippen LogP contribution is -2.28. The number of amides is 1. The van der Waals surface area contributed by atoms with Crippen LogP contribution >= 0.6 is 0 Å². The maximum Gasteiger partial charge on any atom is 0.228 e. The molecule has 2 aromatic carbocycles. The van der Waals surface area contributed by atoms with Crippen LogP contribution in [-0.2, 0) is 11.2 Å². The summed E-state index contributed by atoms with van der Waals surface area (Å²) in [5.41, 5.74) is 2.73. The van der Waals surface area contributed by atoms with E-state index >= 15 is 0 Å². The van der Waals surface area contributed by atoms with Crippen molar-refractivity contribution < 1.29 is 14.3 Å². The Labute approximate surface area is 142 Å². The molecule has 0 aliphatic carbocycles. The number of anilines is 2. The smallest absolute Gasteiger partial charge is 0.228 e. The molecule has 0 fully saturated rings. The minimum absolute atomic E-state index is 0.0431.